The van der Waals surface area contributed by atoms with E-state index in [2.05, 4.69) is 15.5 Å². The maximum absolute atomic E-state index is 13.7. The molecule has 0 aliphatic carbocycles. The molecule has 1 aromatic heterocycles. The topological polar surface area (TPSA) is 75.2 Å². The standard InChI is InChI=1S/C21H18ClFN4O2S/c22-15-6-2-1-5-14(15)21(29)27-11-9-13(10-12-27)19-25-26-20(30-19)18(28)24-17-8-4-3-7-16(17)23/h1-8,13H,9-12H2,(H,24,28). The maximum Gasteiger partial charge on any atom is 0.286 e. The zero-order chi connectivity index (χ0) is 21.1. The fourth-order valence-corrected chi connectivity index (χ4v) is 4.49. The van der Waals surface area contributed by atoms with Gasteiger partial charge in [-0.05, 0) is 37.1 Å². The second-order valence-corrected chi connectivity index (χ2v) is 8.34. The van der Waals surface area contributed by atoms with Gasteiger partial charge in [0.25, 0.3) is 11.8 Å². The van der Waals surface area contributed by atoms with Crippen LogP contribution in [0.5, 0.6) is 0 Å². The molecule has 2 amide bonds. The average Bonchev–Trinajstić information content (AvgIpc) is 3.26. The Morgan fingerprint density at radius 2 is 1.77 bits per heavy atom. The van der Waals surface area contributed by atoms with Gasteiger partial charge < -0.3 is 10.2 Å². The van der Waals surface area contributed by atoms with Gasteiger partial charge in [0.2, 0.25) is 5.01 Å². The molecule has 0 radical (unpaired) electrons. The number of amides is 2. The number of halogens is 2. The summed E-state index contributed by atoms with van der Waals surface area (Å²) in [5, 5.41) is 12.0. The molecule has 2 heterocycles. The first-order chi connectivity index (χ1) is 14.5. The molecule has 2 aromatic carbocycles. The summed E-state index contributed by atoms with van der Waals surface area (Å²) in [4.78, 5) is 26.8. The first kappa shape index (κ1) is 20.4. The molecule has 154 valence electrons. The number of hydrogen-bond donors (Lipinski definition) is 1. The smallest absolute Gasteiger partial charge is 0.286 e. The highest BCUT2D eigenvalue weighted by Gasteiger charge is 2.28. The third kappa shape index (κ3) is 4.34. The number of likely N-dealkylation sites (tertiary alicyclic amines) is 1. The van der Waals surface area contributed by atoms with Crippen LogP contribution >= 0.6 is 22.9 Å². The first-order valence-electron chi connectivity index (χ1n) is 9.46. The van der Waals surface area contributed by atoms with Gasteiger partial charge in [-0.3, -0.25) is 9.59 Å². The van der Waals surface area contributed by atoms with E-state index in [1.807, 2.05) is 0 Å². The third-order valence-electron chi connectivity index (χ3n) is 4.99. The summed E-state index contributed by atoms with van der Waals surface area (Å²) in [5.41, 5.74) is 0.603. The minimum Gasteiger partial charge on any atom is -0.339 e. The lowest BCUT2D eigenvalue weighted by atomic mass is 9.97. The van der Waals surface area contributed by atoms with E-state index in [4.69, 9.17) is 11.6 Å². The number of carbonyl (C=O) groups excluding carboxylic acids is 2. The van der Waals surface area contributed by atoms with E-state index in [0.29, 0.717) is 23.7 Å². The molecule has 9 heteroatoms. The van der Waals surface area contributed by atoms with Gasteiger partial charge in [0, 0.05) is 19.0 Å². The van der Waals surface area contributed by atoms with Crippen molar-refractivity contribution in [3.8, 4) is 0 Å². The number of benzene rings is 2. The van der Waals surface area contributed by atoms with E-state index in [9.17, 15) is 14.0 Å². The van der Waals surface area contributed by atoms with Crippen LogP contribution in [0, 0.1) is 5.82 Å². The van der Waals surface area contributed by atoms with Crippen molar-refractivity contribution < 1.29 is 14.0 Å². The summed E-state index contributed by atoms with van der Waals surface area (Å²) in [6, 6.07) is 13.0. The largest absolute Gasteiger partial charge is 0.339 e. The molecule has 1 N–H and O–H groups in total. The van der Waals surface area contributed by atoms with Crippen LogP contribution in [0.3, 0.4) is 0 Å². The fraction of sp³-hybridized carbons (Fsp3) is 0.238. The van der Waals surface area contributed by atoms with Gasteiger partial charge in [-0.15, -0.1) is 10.2 Å². The zero-order valence-corrected chi connectivity index (χ0v) is 17.4. The van der Waals surface area contributed by atoms with Crippen molar-refractivity contribution in [1.82, 2.24) is 15.1 Å². The quantitative estimate of drug-likeness (QED) is 0.638. The van der Waals surface area contributed by atoms with Gasteiger partial charge in [0.1, 0.15) is 10.8 Å². The van der Waals surface area contributed by atoms with Crippen LogP contribution < -0.4 is 5.32 Å². The van der Waals surface area contributed by atoms with Crippen LogP contribution in [0.1, 0.15) is 43.9 Å². The molecule has 0 bridgehead atoms. The molecule has 1 saturated heterocycles. The summed E-state index contributed by atoms with van der Waals surface area (Å²) in [5.74, 6) is -0.963. The second-order valence-electron chi connectivity index (χ2n) is 6.93. The first-order valence-corrected chi connectivity index (χ1v) is 10.7. The van der Waals surface area contributed by atoms with Crippen molar-refractivity contribution in [2.24, 2.45) is 0 Å². The third-order valence-corrected chi connectivity index (χ3v) is 6.41. The second kappa shape index (κ2) is 8.89. The van der Waals surface area contributed by atoms with Crippen molar-refractivity contribution in [1.29, 1.82) is 0 Å². The van der Waals surface area contributed by atoms with Crippen LogP contribution in [-0.4, -0.2) is 40.0 Å². The molecule has 3 aromatic rings. The summed E-state index contributed by atoms with van der Waals surface area (Å²) in [6.45, 7) is 1.15. The Morgan fingerprint density at radius 3 is 2.50 bits per heavy atom. The highest BCUT2D eigenvalue weighted by Crippen LogP contribution is 2.31. The lowest BCUT2D eigenvalue weighted by molar-refractivity contribution is 0.0713. The van der Waals surface area contributed by atoms with E-state index in [0.717, 1.165) is 17.8 Å². The molecule has 0 saturated carbocycles. The van der Waals surface area contributed by atoms with Crippen molar-refractivity contribution in [2.45, 2.75) is 18.8 Å². The molecule has 4 rings (SSSR count). The number of hydrogen-bond acceptors (Lipinski definition) is 5. The Hall–Kier alpha value is -2.84. The van der Waals surface area contributed by atoms with Gasteiger partial charge in [-0.1, -0.05) is 47.2 Å². The highest BCUT2D eigenvalue weighted by molar-refractivity contribution is 7.13. The zero-order valence-electron chi connectivity index (χ0n) is 15.8. The lowest BCUT2D eigenvalue weighted by Crippen LogP contribution is -2.38. The summed E-state index contributed by atoms with van der Waals surface area (Å²) >= 11 is 7.34. The summed E-state index contributed by atoms with van der Waals surface area (Å²) in [7, 11) is 0. The van der Waals surface area contributed by atoms with Crippen LogP contribution in [0.4, 0.5) is 10.1 Å². The Bertz CT molecular complexity index is 1080. The fourth-order valence-electron chi connectivity index (χ4n) is 3.36. The molecule has 0 unspecified atom stereocenters. The van der Waals surface area contributed by atoms with E-state index < -0.39 is 11.7 Å². The summed E-state index contributed by atoms with van der Waals surface area (Å²) in [6.07, 6.45) is 1.44. The Morgan fingerprint density at radius 1 is 1.07 bits per heavy atom. The maximum atomic E-state index is 13.7. The van der Waals surface area contributed by atoms with E-state index in [-0.39, 0.29) is 22.5 Å². The van der Waals surface area contributed by atoms with Crippen LogP contribution in [0.2, 0.25) is 5.02 Å². The number of anilines is 1. The molecule has 6 nitrogen and oxygen atoms in total. The number of nitrogens with one attached hydrogen (secondary N) is 1. The molecule has 1 aliphatic rings. The number of piperidine rings is 1. The SMILES string of the molecule is O=C(Nc1ccccc1F)c1nnc(C2CCN(C(=O)c3ccccc3Cl)CC2)s1. The van der Waals surface area contributed by atoms with Crippen LogP contribution in [-0.2, 0) is 0 Å². The van der Waals surface area contributed by atoms with Crippen molar-refractivity contribution >= 4 is 40.4 Å². The van der Waals surface area contributed by atoms with Crippen LogP contribution in [0.15, 0.2) is 48.5 Å². The van der Waals surface area contributed by atoms with Gasteiger partial charge in [0.15, 0.2) is 0 Å². The molecule has 0 spiro atoms. The number of aromatic nitrogens is 2. The highest BCUT2D eigenvalue weighted by atomic mass is 35.5. The Balaban J connectivity index is 1.37. The molecule has 30 heavy (non-hydrogen) atoms. The Labute approximate surface area is 181 Å². The predicted molar refractivity (Wildman–Crippen MR) is 114 cm³/mol. The van der Waals surface area contributed by atoms with Gasteiger partial charge >= 0.3 is 0 Å². The molecule has 0 atom stereocenters. The van der Waals surface area contributed by atoms with Crippen LogP contribution in [0.25, 0.3) is 0 Å². The number of carbonyl (C=O) groups is 2. The molecule has 1 aliphatic heterocycles. The van der Waals surface area contributed by atoms with Crippen molar-refractivity contribution in [2.75, 3.05) is 18.4 Å². The number of rotatable bonds is 4. The average molecular weight is 445 g/mol. The van der Waals surface area contributed by atoms with Gasteiger partial charge in [-0.2, -0.15) is 0 Å². The minimum absolute atomic E-state index is 0.0822. The lowest BCUT2D eigenvalue weighted by Gasteiger charge is -2.31. The number of nitrogens with zero attached hydrogens (tertiary/aromatic N) is 3. The van der Waals surface area contributed by atoms with E-state index in [1.165, 1.54) is 23.5 Å². The minimum atomic E-state index is -0.508. The summed E-state index contributed by atoms with van der Waals surface area (Å²) < 4.78 is 13.7. The predicted octanol–water partition coefficient (Wildman–Crippen LogP) is 4.60. The Kier molecular flexibility index (Phi) is 6.06. The van der Waals surface area contributed by atoms with Crippen molar-refractivity contribution in [3.05, 3.63) is 74.9 Å². The van der Waals surface area contributed by atoms with E-state index >= 15 is 0 Å². The monoisotopic (exact) mass is 444 g/mol. The normalized spacial score (nSPS) is 14.5. The van der Waals surface area contributed by atoms with Gasteiger partial charge in [-0.25, -0.2) is 4.39 Å². The van der Waals surface area contributed by atoms with E-state index in [1.54, 1.807) is 41.3 Å². The van der Waals surface area contributed by atoms with Gasteiger partial charge in [0.05, 0.1) is 16.3 Å². The molecule has 1 fully saturated rings. The molecular formula is C21H18ClFN4O2S. The number of para-hydroxylation sites is 1. The van der Waals surface area contributed by atoms with Crippen molar-refractivity contribution in [3.63, 3.8) is 0 Å². The molecular weight excluding hydrogens is 427 g/mol.